The Morgan fingerprint density at radius 2 is 1.00 bits per heavy atom. The van der Waals surface area contributed by atoms with Gasteiger partial charge in [0.2, 0.25) is 0 Å². The van der Waals surface area contributed by atoms with E-state index in [0.717, 1.165) is 26.0 Å². The highest BCUT2D eigenvalue weighted by Gasteiger charge is 2.38. The van der Waals surface area contributed by atoms with Crippen LogP contribution in [-0.4, -0.2) is 8.42 Å². The monoisotopic (exact) mass is 426 g/mol. The number of hydrogen-bond donors (Lipinski definition) is 0. The van der Waals surface area contributed by atoms with Crippen molar-refractivity contribution >= 4 is 31.8 Å². The van der Waals surface area contributed by atoms with Gasteiger partial charge in [-0.15, -0.1) is 11.3 Å². The second kappa shape index (κ2) is 7.93. The molecule has 0 atom stereocenters. The molecule has 142 valence electrons. The Labute approximate surface area is 170 Å². The first kappa shape index (κ1) is 19.0. The van der Waals surface area contributed by atoms with E-state index >= 15 is 0 Å². The predicted molar refractivity (Wildman–Crippen MR) is 114 cm³/mol. The number of thiophene rings is 1. The molecule has 0 fully saturated rings. The van der Waals surface area contributed by atoms with E-state index in [0.29, 0.717) is 0 Å². The zero-order valence-corrected chi connectivity index (χ0v) is 17.3. The smallest absolute Gasteiger partial charge is 0.202 e. The summed E-state index contributed by atoms with van der Waals surface area (Å²) in [4.78, 5) is 2.48. The summed E-state index contributed by atoms with van der Waals surface area (Å²) in [6, 6.07) is 32.1. The third-order valence-electron chi connectivity index (χ3n) is 4.16. The summed E-state index contributed by atoms with van der Waals surface area (Å²) in [5.41, 5.74) is 0. The van der Waals surface area contributed by atoms with Crippen LogP contribution in [0.5, 0.6) is 0 Å². The standard InChI is InChI=1S/C22H18O3S3/c23-28(24,22-17-10-18-26-22)25-27(19-11-4-1-5-12-19,20-13-6-2-7-14-20)21-15-8-3-9-16-21/h1-18H. The minimum atomic E-state index is -3.96. The third kappa shape index (κ3) is 3.52. The fourth-order valence-electron chi connectivity index (χ4n) is 2.94. The molecule has 4 aromatic rings. The first-order valence-electron chi connectivity index (χ1n) is 8.61. The van der Waals surface area contributed by atoms with Crippen molar-refractivity contribution in [3.05, 3.63) is 109 Å². The van der Waals surface area contributed by atoms with Gasteiger partial charge in [-0.2, -0.15) is 8.42 Å². The van der Waals surface area contributed by atoms with E-state index in [9.17, 15) is 8.42 Å². The van der Waals surface area contributed by atoms with Crippen molar-refractivity contribution in [2.45, 2.75) is 18.9 Å². The predicted octanol–water partition coefficient (Wildman–Crippen LogP) is 6.35. The van der Waals surface area contributed by atoms with Crippen molar-refractivity contribution in [1.82, 2.24) is 0 Å². The zero-order chi connectivity index (χ0) is 19.5. The van der Waals surface area contributed by atoms with Gasteiger partial charge < -0.3 is 0 Å². The average Bonchev–Trinajstić information content (AvgIpc) is 3.30. The summed E-state index contributed by atoms with van der Waals surface area (Å²) in [5.74, 6) is 0. The molecule has 0 N–H and O–H groups in total. The molecule has 0 unspecified atom stereocenters. The summed E-state index contributed by atoms with van der Waals surface area (Å²) in [6.07, 6.45) is 0. The van der Waals surface area contributed by atoms with Gasteiger partial charge in [0.1, 0.15) is 4.21 Å². The molecular formula is C22H18O3S3. The van der Waals surface area contributed by atoms with E-state index < -0.39 is 20.4 Å². The quantitative estimate of drug-likeness (QED) is 0.361. The van der Waals surface area contributed by atoms with Gasteiger partial charge in [-0.25, -0.2) is 3.63 Å². The normalized spacial score (nSPS) is 12.6. The molecule has 0 aliphatic rings. The average molecular weight is 427 g/mol. The summed E-state index contributed by atoms with van der Waals surface area (Å²) in [6.45, 7) is 0. The van der Waals surface area contributed by atoms with Gasteiger partial charge in [0, 0.05) is 14.7 Å². The van der Waals surface area contributed by atoms with Crippen LogP contribution in [0.15, 0.2) is 127 Å². The van der Waals surface area contributed by atoms with E-state index in [4.69, 9.17) is 3.63 Å². The Morgan fingerprint density at radius 1 is 0.571 bits per heavy atom. The van der Waals surface area contributed by atoms with E-state index in [2.05, 4.69) is 0 Å². The van der Waals surface area contributed by atoms with Crippen LogP contribution in [0.25, 0.3) is 0 Å². The molecule has 28 heavy (non-hydrogen) atoms. The molecule has 4 rings (SSSR count). The lowest BCUT2D eigenvalue weighted by atomic mass is 10.4. The van der Waals surface area contributed by atoms with Crippen molar-refractivity contribution < 1.29 is 12.0 Å². The van der Waals surface area contributed by atoms with Gasteiger partial charge in [-0.05, 0) is 58.2 Å². The Bertz CT molecular complexity index is 1030. The van der Waals surface area contributed by atoms with Crippen LogP contribution >= 0.6 is 21.6 Å². The van der Waals surface area contributed by atoms with Crippen LogP contribution in [0.1, 0.15) is 0 Å². The third-order valence-corrected chi connectivity index (χ3v) is 10.7. The lowest BCUT2D eigenvalue weighted by molar-refractivity contribution is 0.510. The van der Waals surface area contributed by atoms with Crippen molar-refractivity contribution in [2.24, 2.45) is 0 Å². The van der Waals surface area contributed by atoms with Gasteiger partial charge in [-0.3, -0.25) is 0 Å². The van der Waals surface area contributed by atoms with Crippen LogP contribution in [0.2, 0.25) is 0 Å². The van der Waals surface area contributed by atoms with E-state index in [-0.39, 0.29) is 4.21 Å². The van der Waals surface area contributed by atoms with Crippen LogP contribution in [0, 0.1) is 0 Å². The molecule has 3 aromatic carbocycles. The fourth-order valence-corrected chi connectivity index (χ4v) is 9.24. The molecule has 0 saturated carbocycles. The molecule has 0 aliphatic heterocycles. The lowest BCUT2D eigenvalue weighted by Gasteiger charge is -2.39. The maximum Gasteiger partial charge on any atom is 0.316 e. The zero-order valence-electron chi connectivity index (χ0n) is 14.8. The Kier molecular flexibility index (Phi) is 5.37. The molecule has 0 bridgehead atoms. The maximum absolute atomic E-state index is 13.2. The van der Waals surface area contributed by atoms with Crippen LogP contribution in [0.4, 0.5) is 0 Å². The largest absolute Gasteiger partial charge is 0.316 e. The fraction of sp³-hybridized carbons (Fsp3) is 0. The molecular weight excluding hydrogens is 408 g/mol. The van der Waals surface area contributed by atoms with Crippen LogP contribution < -0.4 is 0 Å². The summed E-state index contributed by atoms with van der Waals surface area (Å²) in [7, 11) is -6.46. The van der Waals surface area contributed by atoms with Crippen LogP contribution in [-0.2, 0) is 13.7 Å². The summed E-state index contributed by atoms with van der Waals surface area (Å²) < 4.78 is 32.9. The van der Waals surface area contributed by atoms with Gasteiger partial charge >= 0.3 is 10.1 Å². The molecule has 3 nitrogen and oxygen atoms in total. The van der Waals surface area contributed by atoms with Gasteiger partial charge in [0.05, 0.1) is 0 Å². The Balaban J connectivity index is 2.02. The van der Waals surface area contributed by atoms with E-state index in [1.807, 2.05) is 91.0 Å². The summed E-state index contributed by atoms with van der Waals surface area (Å²) >= 11 is 1.16. The van der Waals surface area contributed by atoms with Gasteiger partial charge in [0.15, 0.2) is 0 Å². The molecule has 1 aromatic heterocycles. The van der Waals surface area contributed by atoms with Crippen molar-refractivity contribution in [1.29, 1.82) is 0 Å². The van der Waals surface area contributed by atoms with Crippen LogP contribution in [0.3, 0.4) is 0 Å². The highest BCUT2D eigenvalue weighted by Crippen LogP contribution is 2.70. The molecule has 0 radical (unpaired) electrons. The van der Waals surface area contributed by atoms with Crippen molar-refractivity contribution in [2.75, 3.05) is 0 Å². The maximum atomic E-state index is 13.2. The number of hydrogen-bond acceptors (Lipinski definition) is 4. The molecule has 0 amide bonds. The highest BCUT2D eigenvalue weighted by atomic mass is 32.3. The number of benzene rings is 3. The minimum absolute atomic E-state index is 0.201. The molecule has 0 saturated heterocycles. The minimum Gasteiger partial charge on any atom is -0.202 e. The molecule has 0 aliphatic carbocycles. The SMILES string of the molecule is O=S(=O)(OS(c1ccccc1)(c1ccccc1)c1ccccc1)c1cccs1. The summed E-state index contributed by atoms with van der Waals surface area (Å²) in [5, 5.41) is 1.74. The molecule has 0 spiro atoms. The second-order valence-electron chi connectivity index (χ2n) is 5.95. The lowest BCUT2D eigenvalue weighted by Crippen LogP contribution is -2.13. The Morgan fingerprint density at radius 3 is 1.36 bits per heavy atom. The van der Waals surface area contributed by atoms with Crippen molar-refractivity contribution in [3.8, 4) is 0 Å². The first-order valence-corrected chi connectivity index (χ1v) is 12.5. The first-order chi connectivity index (χ1) is 13.6. The second-order valence-corrected chi connectivity index (χ2v) is 11.6. The van der Waals surface area contributed by atoms with E-state index in [1.54, 1.807) is 17.5 Å². The number of rotatable bonds is 6. The van der Waals surface area contributed by atoms with E-state index in [1.165, 1.54) is 0 Å². The topological polar surface area (TPSA) is 43.4 Å². The molecule has 1 heterocycles. The van der Waals surface area contributed by atoms with Crippen molar-refractivity contribution in [3.63, 3.8) is 0 Å². The van der Waals surface area contributed by atoms with Gasteiger partial charge in [-0.1, -0.05) is 60.7 Å². The molecule has 6 heteroatoms. The highest BCUT2D eigenvalue weighted by molar-refractivity contribution is 8.33. The Hall–Kier alpha value is -2.38. The van der Waals surface area contributed by atoms with Gasteiger partial charge in [0.25, 0.3) is 0 Å².